The minimum absolute atomic E-state index is 0.0845. The van der Waals surface area contributed by atoms with E-state index < -0.39 is 11.9 Å². The number of carboxylic acids is 1. The number of esters is 1. The van der Waals surface area contributed by atoms with Crippen molar-refractivity contribution in [2.45, 2.75) is 19.6 Å². The van der Waals surface area contributed by atoms with Gasteiger partial charge in [0.2, 0.25) is 0 Å². The Labute approximate surface area is 206 Å². The van der Waals surface area contributed by atoms with Gasteiger partial charge in [-0.25, -0.2) is 14.6 Å². The second kappa shape index (κ2) is 9.50. The van der Waals surface area contributed by atoms with E-state index in [4.69, 9.17) is 9.47 Å². The molecule has 0 radical (unpaired) electrons. The Hall–Kier alpha value is -4.72. The van der Waals surface area contributed by atoms with E-state index in [0.29, 0.717) is 47.6 Å². The summed E-state index contributed by atoms with van der Waals surface area (Å²) in [6.07, 6.45) is 2.57. The van der Waals surface area contributed by atoms with Gasteiger partial charge in [0, 0.05) is 12.1 Å². The van der Waals surface area contributed by atoms with E-state index in [9.17, 15) is 19.5 Å². The van der Waals surface area contributed by atoms with Crippen LogP contribution in [0.15, 0.2) is 71.5 Å². The lowest BCUT2D eigenvalue weighted by Gasteiger charge is -2.11. The van der Waals surface area contributed by atoms with Crippen molar-refractivity contribution in [3.63, 3.8) is 0 Å². The highest BCUT2D eigenvalue weighted by Gasteiger charge is 2.22. The zero-order chi connectivity index (χ0) is 25.2. The number of hydrogen-bond acceptors (Lipinski definition) is 6. The van der Waals surface area contributed by atoms with Crippen molar-refractivity contribution in [1.29, 1.82) is 0 Å². The highest BCUT2D eigenvalue weighted by molar-refractivity contribution is 5.93. The van der Waals surface area contributed by atoms with Gasteiger partial charge in [0.1, 0.15) is 18.2 Å². The lowest BCUT2D eigenvalue weighted by molar-refractivity contribution is 0.0599. The van der Waals surface area contributed by atoms with Crippen LogP contribution in [0.5, 0.6) is 5.75 Å². The molecule has 0 spiro atoms. The molecule has 180 valence electrons. The van der Waals surface area contributed by atoms with Crippen LogP contribution >= 0.6 is 0 Å². The fourth-order valence-corrected chi connectivity index (χ4v) is 4.22. The van der Waals surface area contributed by atoms with E-state index in [1.54, 1.807) is 16.7 Å². The number of rotatable bonds is 6. The molecule has 1 aliphatic heterocycles. The fraction of sp³-hybridized carbons (Fsp3) is 0.143. The van der Waals surface area contributed by atoms with Crippen molar-refractivity contribution in [3.8, 4) is 5.75 Å². The van der Waals surface area contributed by atoms with E-state index in [2.05, 4.69) is 4.98 Å². The molecule has 0 saturated heterocycles. The number of nitrogens with zero attached hydrogens (tertiary/aromatic N) is 2. The average molecular weight is 482 g/mol. The molecule has 2 heterocycles. The molecule has 1 N–H and O–H groups in total. The van der Waals surface area contributed by atoms with Gasteiger partial charge < -0.3 is 14.6 Å². The predicted molar refractivity (Wildman–Crippen MR) is 134 cm³/mol. The minimum atomic E-state index is -1.07. The van der Waals surface area contributed by atoms with Crippen molar-refractivity contribution in [2.24, 2.45) is 0 Å². The summed E-state index contributed by atoms with van der Waals surface area (Å²) in [6, 6.07) is 18.9. The number of carbonyl (C=O) groups excluding carboxylic acids is 1. The highest BCUT2D eigenvalue weighted by atomic mass is 16.5. The number of hydrogen-bond donors (Lipinski definition) is 1. The van der Waals surface area contributed by atoms with E-state index in [1.165, 1.54) is 25.3 Å². The van der Waals surface area contributed by atoms with Gasteiger partial charge in [-0.3, -0.25) is 9.36 Å². The van der Waals surface area contributed by atoms with Crippen molar-refractivity contribution in [2.75, 3.05) is 7.11 Å². The van der Waals surface area contributed by atoms with Crippen molar-refractivity contribution < 1.29 is 24.2 Å². The molecule has 5 rings (SSSR count). The second-order valence-electron chi connectivity index (χ2n) is 8.36. The number of para-hydroxylation sites is 1. The summed E-state index contributed by atoms with van der Waals surface area (Å²) in [5.74, 6) is -0.267. The van der Waals surface area contributed by atoms with Crippen molar-refractivity contribution >= 4 is 34.5 Å². The minimum Gasteiger partial charge on any atom is -0.488 e. The molecular weight excluding hydrogens is 460 g/mol. The first kappa shape index (κ1) is 23.0. The molecule has 0 fully saturated rings. The summed E-state index contributed by atoms with van der Waals surface area (Å²) in [5, 5.41) is 9.70. The largest absolute Gasteiger partial charge is 0.488 e. The van der Waals surface area contributed by atoms with Crippen molar-refractivity contribution in [1.82, 2.24) is 9.55 Å². The van der Waals surface area contributed by atoms with Gasteiger partial charge in [0.15, 0.2) is 0 Å². The van der Waals surface area contributed by atoms with Crippen LogP contribution in [0.2, 0.25) is 0 Å². The molecule has 0 amide bonds. The Morgan fingerprint density at radius 1 is 1.06 bits per heavy atom. The topological polar surface area (TPSA) is 108 Å². The summed E-state index contributed by atoms with van der Waals surface area (Å²) in [7, 11) is 1.34. The SMILES string of the molecule is COC(=O)c1ccc(COc2ccccc2C=C2CCn3c2nc2cc(C(=O)O)ccc2c3=O)cc1. The van der Waals surface area contributed by atoms with Gasteiger partial charge in [-0.15, -0.1) is 0 Å². The summed E-state index contributed by atoms with van der Waals surface area (Å²) in [6.45, 7) is 0.803. The first-order chi connectivity index (χ1) is 17.4. The predicted octanol–water partition coefficient (Wildman–Crippen LogP) is 4.40. The molecule has 0 saturated carbocycles. The number of carboxylic acid groups (broad SMARTS) is 1. The fourth-order valence-electron chi connectivity index (χ4n) is 4.22. The molecule has 0 atom stereocenters. The molecule has 3 aromatic carbocycles. The third-order valence-corrected chi connectivity index (χ3v) is 6.11. The van der Waals surface area contributed by atoms with Crippen LogP contribution < -0.4 is 10.3 Å². The standard InChI is InChI=1S/C28H22N2O6/c1-35-28(34)18-8-6-17(7-9-18)16-36-24-5-3-2-4-19(24)14-20-12-13-30-25(20)29-23-15-21(27(32)33)10-11-22(23)26(30)31/h2-11,14-15H,12-13,16H2,1H3,(H,32,33). The lowest BCUT2D eigenvalue weighted by Crippen LogP contribution is -2.21. The van der Waals surface area contributed by atoms with Crippen molar-refractivity contribution in [3.05, 3.63) is 105 Å². The van der Waals surface area contributed by atoms with Crippen LogP contribution in [-0.2, 0) is 17.9 Å². The summed E-state index contributed by atoms with van der Waals surface area (Å²) < 4.78 is 12.4. The van der Waals surface area contributed by atoms with Crippen LogP contribution in [0.4, 0.5) is 0 Å². The average Bonchev–Trinajstić information content (AvgIpc) is 3.30. The first-order valence-corrected chi connectivity index (χ1v) is 11.3. The number of carbonyl (C=O) groups is 2. The Balaban J connectivity index is 1.44. The number of fused-ring (bicyclic) bond motifs is 2. The third kappa shape index (κ3) is 4.36. The lowest BCUT2D eigenvalue weighted by atomic mass is 10.1. The van der Waals surface area contributed by atoms with E-state index in [-0.39, 0.29) is 11.1 Å². The summed E-state index contributed by atoms with van der Waals surface area (Å²) in [4.78, 5) is 40.7. The van der Waals surface area contributed by atoms with E-state index >= 15 is 0 Å². The first-order valence-electron chi connectivity index (χ1n) is 11.3. The number of ether oxygens (including phenoxy) is 2. The van der Waals surface area contributed by atoms with E-state index in [1.807, 2.05) is 42.5 Å². The van der Waals surface area contributed by atoms with Gasteiger partial charge in [0.25, 0.3) is 5.56 Å². The van der Waals surface area contributed by atoms with Crippen LogP contribution in [-0.4, -0.2) is 33.7 Å². The van der Waals surface area contributed by atoms with Gasteiger partial charge in [-0.05, 0) is 60.0 Å². The molecule has 1 aliphatic rings. The molecule has 1 aromatic heterocycles. The maximum atomic E-state index is 13.0. The number of aromatic carboxylic acids is 1. The van der Waals surface area contributed by atoms with Crippen LogP contribution in [0.3, 0.4) is 0 Å². The molecule has 0 bridgehead atoms. The third-order valence-electron chi connectivity index (χ3n) is 6.11. The number of methoxy groups -OCH3 is 1. The van der Waals surface area contributed by atoms with E-state index in [0.717, 1.165) is 16.7 Å². The molecule has 0 aliphatic carbocycles. The summed E-state index contributed by atoms with van der Waals surface area (Å²) >= 11 is 0. The quantitative estimate of drug-likeness (QED) is 0.406. The highest BCUT2D eigenvalue weighted by Crippen LogP contribution is 2.31. The maximum Gasteiger partial charge on any atom is 0.337 e. The smallest absolute Gasteiger partial charge is 0.337 e. The zero-order valence-electron chi connectivity index (χ0n) is 19.4. The van der Waals surface area contributed by atoms with Crippen LogP contribution in [0.25, 0.3) is 22.6 Å². The molecule has 4 aromatic rings. The normalized spacial score (nSPS) is 13.5. The zero-order valence-corrected chi connectivity index (χ0v) is 19.4. The van der Waals surface area contributed by atoms with Crippen LogP contribution in [0, 0.1) is 0 Å². The van der Waals surface area contributed by atoms with Gasteiger partial charge in [0.05, 0.1) is 29.1 Å². The number of benzene rings is 3. The van der Waals surface area contributed by atoms with Gasteiger partial charge in [-0.1, -0.05) is 30.3 Å². The van der Waals surface area contributed by atoms with Crippen LogP contribution in [0.1, 0.15) is 44.1 Å². The molecule has 0 unspecified atom stereocenters. The Morgan fingerprint density at radius 3 is 2.56 bits per heavy atom. The summed E-state index contributed by atoms with van der Waals surface area (Å²) in [5.41, 5.74) is 3.33. The van der Waals surface area contributed by atoms with Gasteiger partial charge >= 0.3 is 11.9 Å². The molecule has 8 heteroatoms. The molecular formula is C28H22N2O6. The Kier molecular flexibility index (Phi) is 6.08. The Bertz CT molecular complexity index is 1580. The maximum absolute atomic E-state index is 13.0. The monoisotopic (exact) mass is 482 g/mol. The molecule has 36 heavy (non-hydrogen) atoms. The van der Waals surface area contributed by atoms with Gasteiger partial charge in [-0.2, -0.15) is 0 Å². The Morgan fingerprint density at radius 2 is 1.81 bits per heavy atom. The second-order valence-corrected chi connectivity index (χ2v) is 8.36. The number of aromatic nitrogens is 2. The molecule has 8 nitrogen and oxygen atoms in total. The number of allylic oxidation sites excluding steroid dienone is 1.